The first kappa shape index (κ1) is 23.0. The van der Waals surface area contributed by atoms with E-state index in [4.69, 9.17) is 17.2 Å². The first-order valence-electron chi connectivity index (χ1n) is 12.7. The Labute approximate surface area is 193 Å². The maximum atomic E-state index is 9.66. The molecule has 4 rings (SSSR count). The molecule has 0 aliphatic heterocycles. The molecule has 0 amide bonds. The van der Waals surface area contributed by atoms with Crippen LogP contribution in [0.4, 0.5) is 11.4 Å². The van der Waals surface area contributed by atoms with Crippen molar-refractivity contribution in [1.29, 1.82) is 0 Å². The largest absolute Gasteiger partial charge is 0.506 e. The van der Waals surface area contributed by atoms with Crippen molar-refractivity contribution in [2.75, 3.05) is 11.5 Å². The minimum atomic E-state index is 0.0582. The molecule has 2 aromatic rings. The summed E-state index contributed by atoms with van der Waals surface area (Å²) in [5.74, 6) is 2.88. The molecule has 2 aromatic carbocycles. The molecule has 0 spiro atoms. The summed E-state index contributed by atoms with van der Waals surface area (Å²) in [6.45, 7) is 0. The minimum absolute atomic E-state index is 0.0582. The summed E-state index contributed by atoms with van der Waals surface area (Å²) in [5, 5.41) is 9.66. The van der Waals surface area contributed by atoms with E-state index in [1.165, 1.54) is 75.3 Å². The van der Waals surface area contributed by atoms with Crippen LogP contribution in [0, 0.1) is 17.8 Å². The number of nitrogens with two attached hydrogens (primary N) is 3. The third-order valence-electron chi connectivity index (χ3n) is 8.28. The highest BCUT2D eigenvalue weighted by Gasteiger charge is 2.29. The lowest BCUT2D eigenvalue weighted by molar-refractivity contribution is 0.157. The minimum Gasteiger partial charge on any atom is -0.506 e. The molecule has 0 atom stereocenters. The van der Waals surface area contributed by atoms with Gasteiger partial charge in [-0.15, -0.1) is 0 Å². The van der Waals surface area contributed by atoms with Gasteiger partial charge in [-0.25, -0.2) is 0 Å². The predicted molar refractivity (Wildman–Crippen MR) is 134 cm³/mol. The number of anilines is 2. The molecule has 2 saturated carbocycles. The molecular formula is C28H41N3O. The predicted octanol–water partition coefficient (Wildman–Crippen LogP) is 5.60. The van der Waals surface area contributed by atoms with E-state index in [1.54, 1.807) is 6.07 Å². The molecule has 7 N–H and O–H groups in total. The molecule has 174 valence electrons. The second-order valence-electron chi connectivity index (χ2n) is 10.4. The third-order valence-corrected chi connectivity index (χ3v) is 8.28. The molecular weight excluding hydrogens is 394 g/mol. The second kappa shape index (κ2) is 10.6. The van der Waals surface area contributed by atoms with Gasteiger partial charge in [0.15, 0.2) is 0 Å². The molecule has 2 fully saturated rings. The highest BCUT2D eigenvalue weighted by atomic mass is 16.3. The summed E-state index contributed by atoms with van der Waals surface area (Å²) in [6, 6.07) is 13.1. The quantitative estimate of drug-likeness (QED) is 0.336. The zero-order valence-corrected chi connectivity index (χ0v) is 19.4. The maximum Gasteiger partial charge on any atom is 0.140 e. The van der Waals surface area contributed by atoms with Crippen molar-refractivity contribution in [3.05, 3.63) is 53.1 Å². The Balaban J connectivity index is 1.19. The molecule has 0 radical (unpaired) electrons. The maximum absolute atomic E-state index is 9.66. The number of hydrogen-bond donors (Lipinski definition) is 4. The SMILES string of the molecule is Nc1c(O)ccc(CCc2ccc(CCC3CCC(C4CCC(N)CC4)CC3)cc2)c1N. The van der Waals surface area contributed by atoms with Crippen molar-refractivity contribution in [3.8, 4) is 5.75 Å². The number of rotatable bonds is 7. The summed E-state index contributed by atoms with van der Waals surface area (Å²) in [7, 11) is 0. The Hall–Kier alpha value is -2.20. The Bertz CT molecular complexity index is 863. The number of phenols is 1. The first-order chi connectivity index (χ1) is 15.5. The normalized spacial score (nSPS) is 26.2. The van der Waals surface area contributed by atoms with Gasteiger partial charge in [0.05, 0.1) is 11.4 Å². The van der Waals surface area contributed by atoms with Crippen molar-refractivity contribution >= 4 is 11.4 Å². The molecule has 0 bridgehead atoms. The van der Waals surface area contributed by atoms with Gasteiger partial charge in [0.25, 0.3) is 0 Å². The summed E-state index contributed by atoms with van der Waals surface area (Å²) in [5.41, 5.74) is 22.5. The molecule has 4 nitrogen and oxygen atoms in total. The second-order valence-corrected chi connectivity index (χ2v) is 10.4. The van der Waals surface area contributed by atoms with Crippen LogP contribution in [0.5, 0.6) is 5.75 Å². The van der Waals surface area contributed by atoms with Crippen LogP contribution < -0.4 is 17.2 Å². The van der Waals surface area contributed by atoms with Gasteiger partial charge in [-0.2, -0.15) is 0 Å². The lowest BCUT2D eigenvalue weighted by Gasteiger charge is -2.37. The van der Waals surface area contributed by atoms with Crippen molar-refractivity contribution in [2.45, 2.75) is 83.1 Å². The molecule has 0 aromatic heterocycles. The molecule has 32 heavy (non-hydrogen) atoms. The molecule has 4 heteroatoms. The van der Waals surface area contributed by atoms with E-state index in [0.29, 0.717) is 11.7 Å². The monoisotopic (exact) mass is 435 g/mol. The number of benzene rings is 2. The van der Waals surface area contributed by atoms with Gasteiger partial charge < -0.3 is 22.3 Å². The molecule has 2 aliphatic rings. The van der Waals surface area contributed by atoms with E-state index in [0.717, 1.165) is 36.2 Å². The number of nitrogen functional groups attached to an aromatic ring is 2. The molecule has 2 aliphatic carbocycles. The summed E-state index contributed by atoms with van der Waals surface area (Å²) in [6.07, 6.45) is 15.2. The average molecular weight is 436 g/mol. The van der Waals surface area contributed by atoms with Gasteiger partial charge in [-0.1, -0.05) is 43.2 Å². The van der Waals surface area contributed by atoms with Crippen LogP contribution in [0.25, 0.3) is 0 Å². The van der Waals surface area contributed by atoms with E-state index in [2.05, 4.69) is 24.3 Å². The number of phenolic OH excluding ortho intramolecular Hbond substituents is 1. The van der Waals surface area contributed by atoms with E-state index < -0.39 is 0 Å². The average Bonchev–Trinajstić information content (AvgIpc) is 2.82. The van der Waals surface area contributed by atoms with Gasteiger partial charge in [0, 0.05) is 6.04 Å². The van der Waals surface area contributed by atoms with Crippen molar-refractivity contribution in [1.82, 2.24) is 0 Å². The lowest BCUT2D eigenvalue weighted by atomic mass is 9.69. The van der Waals surface area contributed by atoms with Crippen LogP contribution in [-0.4, -0.2) is 11.1 Å². The first-order valence-corrected chi connectivity index (χ1v) is 12.7. The highest BCUT2D eigenvalue weighted by Crippen LogP contribution is 2.40. The molecule has 0 unspecified atom stereocenters. The van der Waals surface area contributed by atoms with Crippen molar-refractivity contribution in [2.24, 2.45) is 23.5 Å². The fraction of sp³-hybridized carbons (Fsp3) is 0.571. The van der Waals surface area contributed by atoms with Gasteiger partial charge in [-0.05, 0) is 105 Å². The molecule has 0 heterocycles. The fourth-order valence-corrected chi connectivity index (χ4v) is 5.98. The van der Waals surface area contributed by atoms with Crippen LogP contribution in [0.3, 0.4) is 0 Å². The fourth-order valence-electron chi connectivity index (χ4n) is 5.98. The lowest BCUT2D eigenvalue weighted by Crippen LogP contribution is -2.31. The number of aromatic hydroxyl groups is 1. The summed E-state index contributed by atoms with van der Waals surface area (Å²) < 4.78 is 0. The molecule has 0 saturated heterocycles. The number of aryl methyl sites for hydroxylation is 3. The van der Waals surface area contributed by atoms with Crippen LogP contribution in [0.2, 0.25) is 0 Å². The smallest absolute Gasteiger partial charge is 0.140 e. The standard InChI is InChI=1S/C28H41N3O/c29-25-16-13-23(14-17-25)22-10-7-21(8-11-22)6-3-19-1-4-20(5-2-19)9-12-24-15-18-26(32)28(31)27(24)30/h1-2,4-5,15,18,21-23,25,32H,3,6-14,16-17,29-31H2. The van der Waals surface area contributed by atoms with Crippen LogP contribution in [0.1, 0.15) is 74.5 Å². The summed E-state index contributed by atoms with van der Waals surface area (Å²) in [4.78, 5) is 0. The zero-order valence-electron chi connectivity index (χ0n) is 19.4. The van der Waals surface area contributed by atoms with Crippen molar-refractivity contribution in [3.63, 3.8) is 0 Å². The highest BCUT2D eigenvalue weighted by molar-refractivity contribution is 5.73. The van der Waals surface area contributed by atoms with Crippen LogP contribution >= 0.6 is 0 Å². The Kier molecular flexibility index (Phi) is 7.62. The Morgan fingerprint density at radius 3 is 1.84 bits per heavy atom. The van der Waals surface area contributed by atoms with E-state index >= 15 is 0 Å². The Morgan fingerprint density at radius 1 is 0.656 bits per heavy atom. The van der Waals surface area contributed by atoms with E-state index in [9.17, 15) is 5.11 Å². The van der Waals surface area contributed by atoms with Crippen molar-refractivity contribution < 1.29 is 5.11 Å². The third kappa shape index (κ3) is 5.78. The van der Waals surface area contributed by atoms with Gasteiger partial charge in [0.2, 0.25) is 0 Å². The van der Waals surface area contributed by atoms with E-state index in [-0.39, 0.29) is 11.4 Å². The van der Waals surface area contributed by atoms with E-state index in [1.807, 2.05) is 6.07 Å². The van der Waals surface area contributed by atoms with Crippen LogP contribution in [-0.2, 0) is 19.3 Å². The van der Waals surface area contributed by atoms with Gasteiger partial charge >= 0.3 is 0 Å². The topological polar surface area (TPSA) is 98.3 Å². The van der Waals surface area contributed by atoms with Crippen LogP contribution in [0.15, 0.2) is 36.4 Å². The Morgan fingerprint density at radius 2 is 1.22 bits per heavy atom. The van der Waals surface area contributed by atoms with Gasteiger partial charge in [0.1, 0.15) is 5.75 Å². The summed E-state index contributed by atoms with van der Waals surface area (Å²) >= 11 is 0. The van der Waals surface area contributed by atoms with Gasteiger partial charge in [-0.3, -0.25) is 0 Å². The zero-order chi connectivity index (χ0) is 22.5. The number of hydrogen-bond acceptors (Lipinski definition) is 4.